The molecule has 0 radical (unpaired) electrons. The molecular weight excluding hydrogens is 254 g/mol. The fourth-order valence-corrected chi connectivity index (χ4v) is 2.83. The van der Waals surface area contributed by atoms with Crippen molar-refractivity contribution in [1.29, 1.82) is 0 Å². The quantitative estimate of drug-likeness (QED) is 0.924. The van der Waals surface area contributed by atoms with E-state index in [9.17, 15) is 8.78 Å². The summed E-state index contributed by atoms with van der Waals surface area (Å²) in [6, 6.07) is 3.55. The maximum atomic E-state index is 13.6. The van der Waals surface area contributed by atoms with Crippen molar-refractivity contribution in [2.75, 3.05) is 6.54 Å². The van der Waals surface area contributed by atoms with E-state index >= 15 is 0 Å². The number of hydrogen-bond acceptors (Lipinski definition) is 3. The lowest BCUT2D eigenvalue weighted by Crippen LogP contribution is -1.99. The number of aryl methyl sites for hydroxylation is 2. The molecule has 2 N–H and O–H groups in total. The Hall–Kier alpha value is -1.33. The minimum atomic E-state index is -0.576. The van der Waals surface area contributed by atoms with Crippen molar-refractivity contribution in [2.24, 2.45) is 5.73 Å². The average molecular weight is 268 g/mol. The van der Waals surface area contributed by atoms with E-state index in [1.54, 1.807) is 0 Å². The van der Waals surface area contributed by atoms with Crippen LogP contribution in [0.15, 0.2) is 18.2 Å². The molecule has 0 saturated heterocycles. The van der Waals surface area contributed by atoms with Crippen LogP contribution in [-0.4, -0.2) is 11.5 Å². The smallest absolute Gasteiger partial charge is 0.136 e. The zero-order valence-electron chi connectivity index (χ0n) is 10.0. The maximum absolute atomic E-state index is 13.6. The number of nitrogens with two attached hydrogens (primary N) is 1. The van der Waals surface area contributed by atoms with Crippen molar-refractivity contribution >= 4 is 11.3 Å². The zero-order chi connectivity index (χ0) is 13.1. The minimum Gasteiger partial charge on any atom is -0.330 e. The molecule has 2 aromatic rings. The lowest BCUT2D eigenvalue weighted by atomic mass is 10.2. The Morgan fingerprint density at radius 2 is 2.11 bits per heavy atom. The third-order valence-electron chi connectivity index (χ3n) is 2.66. The van der Waals surface area contributed by atoms with Gasteiger partial charge in [0.15, 0.2) is 0 Å². The standard InChI is InChI=1S/C13H14F2N2S/c1-8-12(3-2-6-16)18-13(17-8)10-5-4-9(14)7-11(10)15/h4-5,7H,2-3,6,16H2,1H3. The summed E-state index contributed by atoms with van der Waals surface area (Å²) in [6.45, 7) is 2.52. The van der Waals surface area contributed by atoms with Crippen LogP contribution in [0.4, 0.5) is 8.78 Å². The lowest BCUT2D eigenvalue weighted by Gasteiger charge is -1.98. The van der Waals surface area contributed by atoms with Gasteiger partial charge in [-0.2, -0.15) is 0 Å². The molecule has 0 fully saturated rings. The summed E-state index contributed by atoms with van der Waals surface area (Å²) in [5.74, 6) is -1.15. The van der Waals surface area contributed by atoms with Gasteiger partial charge in [0, 0.05) is 16.5 Å². The van der Waals surface area contributed by atoms with Gasteiger partial charge in [0.05, 0.1) is 5.69 Å². The van der Waals surface area contributed by atoms with E-state index in [0.717, 1.165) is 29.5 Å². The minimum absolute atomic E-state index is 0.350. The van der Waals surface area contributed by atoms with Gasteiger partial charge >= 0.3 is 0 Å². The fraction of sp³-hybridized carbons (Fsp3) is 0.308. The summed E-state index contributed by atoms with van der Waals surface area (Å²) < 4.78 is 26.5. The third kappa shape index (κ3) is 2.73. The molecule has 0 unspecified atom stereocenters. The molecule has 96 valence electrons. The van der Waals surface area contributed by atoms with Crippen LogP contribution in [0, 0.1) is 18.6 Å². The third-order valence-corrected chi connectivity index (χ3v) is 3.91. The normalized spacial score (nSPS) is 10.9. The van der Waals surface area contributed by atoms with Crippen molar-refractivity contribution in [3.63, 3.8) is 0 Å². The predicted molar refractivity (Wildman–Crippen MR) is 69.6 cm³/mol. The Balaban J connectivity index is 2.33. The molecule has 0 atom stereocenters. The molecule has 1 aromatic heterocycles. The molecule has 0 aliphatic heterocycles. The lowest BCUT2D eigenvalue weighted by molar-refractivity contribution is 0.585. The maximum Gasteiger partial charge on any atom is 0.136 e. The molecule has 18 heavy (non-hydrogen) atoms. The monoisotopic (exact) mass is 268 g/mol. The van der Waals surface area contributed by atoms with Gasteiger partial charge in [-0.15, -0.1) is 11.3 Å². The van der Waals surface area contributed by atoms with E-state index < -0.39 is 11.6 Å². The highest BCUT2D eigenvalue weighted by Gasteiger charge is 2.13. The summed E-state index contributed by atoms with van der Waals surface area (Å²) in [6.07, 6.45) is 1.73. The number of nitrogens with zero attached hydrogens (tertiary/aromatic N) is 1. The van der Waals surface area contributed by atoms with E-state index in [2.05, 4.69) is 4.98 Å². The summed E-state index contributed by atoms with van der Waals surface area (Å²) in [4.78, 5) is 5.45. The molecule has 0 bridgehead atoms. The van der Waals surface area contributed by atoms with Gasteiger partial charge in [-0.05, 0) is 38.4 Å². The van der Waals surface area contributed by atoms with Crippen LogP contribution in [0.1, 0.15) is 17.0 Å². The first-order chi connectivity index (χ1) is 8.61. The largest absolute Gasteiger partial charge is 0.330 e. The Morgan fingerprint density at radius 3 is 2.78 bits per heavy atom. The van der Waals surface area contributed by atoms with Gasteiger partial charge in [0.2, 0.25) is 0 Å². The van der Waals surface area contributed by atoms with Crippen molar-refractivity contribution in [1.82, 2.24) is 4.98 Å². The fourth-order valence-electron chi connectivity index (χ4n) is 1.70. The van der Waals surface area contributed by atoms with Gasteiger partial charge in [-0.25, -0.2) is 13.8 Å². The van der Waals surface area contributed by atoms with Crippen LogP contribution in [0.25, 0.3) is 10.6 Å². The van der Waals surface area contributed by atoms with E-state index in [1.807, 2.05) is 6.92 Å². The van der Waals surface area contributed by atoms with Crippen LogP contribution in [0.3, 0.4) is 0 Å². The van der Waals surface area contributed by atoms with Crippen LogP contribution < -0.4 is 5.73 Å². The number of hydrogen-bond donors (Lipinski definition) is 1. The van der Waals surface area contributed by atoms with Gasteiger partial charge in [0.25, 0.3) is 0 Å². The van der Waals surface area contributed by atoms with Gasteiger partial charge in [0.1, 0.15) is 16.6 Å². The SMILES string of the molecule is Cc1nc(-c2ccc(F)cc2F)sc1CCCN. The van der Waals surface area contributed by atoms with Crippen LogP contribution in [0.2, 0.25) is 0 Å². The van der Waals surface area contributed by atoms with Gasteiger partial charge < -0.3 is 5.73 Å². The Bertz CT molecular complexity index is 552. The number of rotatable bonds is 4. The van der Waals surface area contributed by atoms with E-state index in [1.165, 1.54) is 23.5 Å². The topological polar surface area (TPSA) is 38.9 Å². The van der Waals surface area contributed by atoms with Gasteiger partial charge in [-0.1, -0.05) is 0 Å². The van der Waals surface area contributed by atoms with Gasteiger partial charge in [-0.3, -0.25) is 0 Å². The van der Waals surface area contributed by atoms with Crippen LogP contribution in [-0.2, 0) is 6.42 Å². The Morgan fingerprint density at radius 1 is 1.33 bits per heavy atom. The molecule has 5 heteroatoms. The van der Waals surface area contributed by atoms with Crippen molar-refractivity contribution < 1.29 is 8.78 Å². The summed E-state index contributed by atoms with van der Waals surface area (Å²) in [5, 5.41) is 0.594. The molecule has 0 saturated carbocycles. The molecule has 0 aliphatic carbocycles. The number of thiazole rings is 1. The molecule has 0 amide bonds. The average Bonchev–Trinajstić information content (AvgIpc) is 2.68. The zero-order valence-corrected chi connectivity index (χ0v) is 10.9. The molecule has 0 aliphatic rings. The second-order valence-electron chi connectivity index (χ2n) is 4.04. The Kier molecular flexibility index (Phi) is 4.04. The molecule has 1 heterocycles. The summed E-state index contributed by atoms with van der Waals surface area (Å²) >= 11 is 1.44. The molecule has 2 rings (SSSR count). The summed E-state index contributed by atoms with van der Waals surface area (Å²) in [5.41, 5.74) is 6.71. The predicted octanol–water partition coefficient (Wildman–Crippen LogP) is 3.29. The highest BCUT2D eigenvalue weighted by Crippen LogP contribution is 2.30. The van der Waals surface area contributed by atoms with Crippen molar-refractivity contribution in [2.45, 2.75) is 19.8 Å². The molecule has 1 aromatic carbocycles. The second kappa shape index (κ2) is 5.54. The molecule has 2 nitrogen and oxygen atoms in total. The second-order valence-corrected chi connectivity index (χ2v) is 5.13. The number of benzene rings is 1. The Labute approximate surface area is 108 Å². The summed E-state index contributed by atoms with van der Waals surface area (Å²) in [7, 11) is 0. The van der Waals surface area contributed by atoms with E-state index in [4.69, 9.17) is 5.73 Å². The van der Waals surface area contributed by atoms with E-state index in [0.29, 0.717) is 17.1 Å². The first-order valence-electron chi connectivity index (χ1n) is 5.73. The first kappa shape index (κ1) is 13.1. The van der Waals surface area contributed by atoms with Crippen molar-refractivity contribution in [3.05, 3.63) is 40.4 Å². The van der Waals surface area contributed by atoms with Crippen LogP contribution >= 0.6 is 11.3 Å². The number of halogens is 2. The first-order valence-corrected chi connectivity index (χ1v) is 6.55. The molecule has 0 spiro atoms. The molecular formula is C13H14F2N2S. The van der Waals surface area contributed by atoms with Crippen molar-refractivity contribution in [3.8, 4) is 10.6 Å². The van der Waals surface area contributed by atoms with E-state index in [-0.39, 0.29) is 0 Å². The van der Waals surface area contributed by atoms with Crippen LogP contribution in [0.5, 0.6) is 0 Å². The highest BCUT2D eigenvalue weighted by atomic mass is 32.1. The number of aromatic nitrogens is 1. The highest BCUT2D eigenvalue weighted by molar-refractivity contribution is 7.15.